The van der Waals surface area contributed by atoms with Gasteiger partial charge in [0.15, 0.2) is 0 Å². The normalized spacial score (nSPS) is 16.2. The first kappa shape index (κ1) is 26.2. The second-order valence-corrected chi connectivity index (χ2v) is 9.26. The van der Waals surface area contributed by atoms with Gasteiger partial charge in [-0.25, -0.2) is 4.68 Å². The van der Waals surface area contributed by atoms with E-state index >= 15 is 0 Å². The molecule has 0 saturated carbocycles. The number of aliphatic hydroxyl groups excluding tert-OH is 1. The number of aryl methyl sites for hydroxylation is 1. The van der Waals surface area contributed by atoms with E-state index in [-0.39, 0.29) is 19.3 Å². The highest BCUT2D eigenvalue weighted by molar-refractivity contribution is 6.32. The van der Waals surface area contributed by atoms with Crippen LogP contribution in [0.25, 0.3) is 5.69 Å². The molecule has 3 aromatic rings. The van der Waals surface area contributed by atoms with Gasteiger partial charge in [-0.2, -0.15) is 5.10 Å². The van der Waals surface area contributed by atoms with Crippen LogP contribution in [0.3, 0.4) is 0 Å². The Labute approximate surface area is 217 Å². The molecule has 190 valence electrons. The van der Waals surface area contributed by atoms with Gasteiger partial charge in [-0.3, -0.25) is 4.90 Å². The van der Waals surface area contributed by atoms with Crippen molar-refractivity contribution in [2.45, 2.75) is 38.5 Å². The fourth-order valence-corrected chi connectivity index (χ4v) is 4.48. The number of nitrogens with zero attached hydrogens (tertiary/aromatic N) is 3. The lowest BCUT2D eigenvalue weighted by atomic mass is 10.1. The highest BCUT2D eigenvalue weighted by Crippen LogP contribution is 2.35. The maximum Gasteiger partial charge on any atom is 0.227 e. The lowest BCUT2D eigenvalue weighted by Crippen LogP contribution is -2.39. The number of aliphatic hydroxyl groups is 1. The predicted octanol–water partition coefficient (Wildman–Crippen LogP) is 4.62. The number of benzene rings is 2. The van der Waals surface area contributed by atoms with Gasteiger partial charge in [0, 0.05) is 26.2 Å². The average Bonchev–Trinajstić information content (AvgIpc) is 3.49. The van der Waals surface area contributed by atoms with Crippen molar-refractivity contribution in [2.75, 3.05) is 32.9 Å². The summed E-state index contributed by atoms with van der Waals surface area (Å²) in [5.74, 6) is 3.56. The van der Waals surface area contributed by atoms with E-state index in [4.69, 9.17) is 37.3 Å². The van der Waals surface area contributed by atoms with E-state index in [1.807, 2.05) is 55.5 Å². The van der Waals surface area contributed by atoms with Crippen molar-refractivity contribution in [1.82, 2.24) is 14.7 Å². The molecule has 4 rings (SSSR count). The molecule has 0 spiro atoms. The molecule has 2 unspecified atom stereocenters. The highest BCUT2D eigenvalue weighted by Gasteiger charge is 2.26. The summed E-state index contributed by atoms with van der Waals surface area (Å²) in [5, 5.41) is 16.0. The monoisotopic (exact) mass is 509 g/mol. The largest absolute Gasteiger partial charge is 0.437 e. The molecule has 1 aromatic heterocycles. The molecule has 1 N–H and O–H groups in total. The molecule has 36 heavy (non-hydrogen) atoms. The Bertz CT molecular complexity index is 1160. The summed E-state index contributed by atoms with van der Waals surface area (Å²) in [6.07, 6.45) is 6.71. The highest BCUT2D eigenvalue weighted by atomic mass is 35.5. The maximum atomic E-state index is 10.6. The number of terminal acetylenes is 1. The van der Waals surface area contributed by atoms with Gasteiger partial charge < -0.3 is 19.3 Å². The smallest absolute Gasteiger partial charge is 0.227 e. The van der Waals surface area contributed by atoms with Crippen molar-refractivity contribution in [1.29, 1.82) is 0 Å². The van der Waals surface area contributed by atoms with Crippen molar-refractivity contribution in [3.8, 4) is 29.7 Å². The van der Waals surface area contributed by atoms with Gasteiger partial charge in [0.05, 0.1) is 40.8 Å². The van der Waals surface area contributed by atoms with E-state index < -0.39 is 6.10 Å². The zero-order valence-corrected chi connectivity index (χ0v) is 21.2. The van der Waals surface area contributed by atoms with E-state index in [0.29, 0.717) is 36.3 Å². The Balaban J connectivity index is 1.65. The molecule has 0 amide bonds. The number of halogens is 1. The molecule has 1 fully saturated rings. The zero-order valence-electron chi connectivity index (χ0n) is 20.5. The Hall–Kier alpha value is -2.86. The van der Waals surface area contributed by atoms with Crippen LogP contribution in [0.1, 0.15) is 24.1 Å². The lowest BCUT2D eigenvalue weighted by molar-refractivity contribution is 0.00935. The van der Waals surface area contributed by atoms with Crippen LogP contribution in [0, 0.1) is 19.3 Å². The number of para-hydroxylation sites is 2. The summed E-state index contributed by atoms with van der Waals surface area (Å²) in [6.45, 7) is 4.63. The molecule has 1 saturated heterocycles. The maximum absolute atomic E-state index is 10.6. The first-order chi connectivity index (χ1) is 17.5. The van der Waals surface area contributed by atoms with E-state index in [1.165, 1.54) is 0 Å². The molecule has 1 aliphatic rings. The van der Waals surface area contributed by atoms with Crippen molar-refractivity contribution in [3.05, 3.63) is 70.9 Å². The third-order valence-electron chi connectivity index (χ3n) is 6.01. The number of hydrogen-bond acceptors (Lipinski definition) is 6. The van der Waals surface area contributed by atoms with Crippen LogP contribution in [0.4, 0.5) is 0 Å². The van der Waals surface area contributed by atoms with Crippen LogP contribution in [0.15, 0.2) is 54.6 Å². The minimum Gasteiger partial charge on any atom is -0.437 e. The van der Waals surface area contributed by atoms with Crippen LogP contribution < -0.4 is 4.74 Å². The first-order valence-electron chi connectivity index (χ1n) is 12.1. The van der Waals surface area contributed by atoms with Gasteiger partial charge >= 0.3 is 0 Å². The standard InChI is InChI=1S/C28H32ClN3O4/c1-3-15-34-20-23(33)17-31(18-24-12-9-16-35-24)19-25-21(2)30-32(22-10-5-4-6-11-22)28(25)36-27-14-8-7-13-26(27)29/h1,4-8,10-11,13-14,23-24,33H,9,12,15-20H2,2H3. The molecule has 2 heterocycles. The second-order valence-electron chi connectivity index (χ2n) is 8.85. The number of ether oxygens (including phenoxy) is 3. The summed E-state index contributed by atoms with van der Waals surface area (Å²) in [4.78, 5) is 2.17. The van der Waals surface area contributed by atoms with E-state index in [0.717, 1.165) is 36.4 Å². The third-order valence-corrected chi connectivity index (χ3v) is 6.33. The molecule has 1 aliphatic heterocycles. The number of rotatable bonds is 12. The molecule has 0 aliphatic carbocycles. The Morgan fingerprint density at radius 1 is 1.25 bits per heavy atom. The Morgan fingerprint density at radius 3 is 2.75 bits per heavy atom. The summed E-state index contributed by atoms with van der Waals surface area (Å²) in [6, 6.07) is 17.2. The zero-order chi connectivity index (χ0) is 25.3. The van der Waals surface area contributed by atoms with Gasteiger partial charge in [-0.1, -0.05) is 47.9 Å². The molecule has 2 atom stereocenters. The lowest BCUT2D eigenvalue weighted by Gasteiger charge is -2.27. The number of hydrogen-bond donors (Lipinski definition) is 1. The van der Waals surface area contributed by atoms with E-state index in [2.05, 4.69) is 10.8 Å². The summed E-state index contributed by atoms with van der Waals surface area (Å²) in [5.41, 5.74) is 2.62. The van der Waals surface area contributed by atoms with Crippen LogP contribution in [-0.2, 0) is 16.0 Å². The summed E-state index contributed by atoms with van der Waals surface area (Å²) < 4.78 is 19.5. The van der Waals surface area contributed by atoms with Gasteiger partial charge in [0.25, 0.3) is 0 Å². The Morgan fingerprint density at radius 2 is 2.03 bits per heavy atom. The van der Waals surface area contributed by atoms with Crippen LogP contribution >= 0.6 is 11.6 Å². The van der Waals surface area contributed by atoms with Crippen molar-refractivity contribution in [3.63, 3.8) is 0 Å². The van der Waals surface area contributed by atoms with Gasteiger partial charge in [-0.05, 0) is 44.0 Å². The Kier molecular flexibility index (Phi) is 9.40. The minimum absolute atomic E-state index is 0.112. The summed E-state index contributed by atoms with van der Waals surface area (Å²) in [7, 11) is 0. The first-order valence-corrected chi connectivity index (χ1v) is 12.5. The van der Waals surface area contributed by atoms with Crippen LogP contribution in [-0.4, -0.2) is 64.9 Å². The molecule has 2 aromatic carbocycles. The predicted molar refractivity (Wildman–Crippen MR) is 140 cm³/mol. The van der Waals surface area contributed by atoms with Crippen molar-refractivity contribution in [2.24, 2.45) is 0 Å². The molecule has 7 nitrogen and oxygen atoms in total. The van der Waals surface area contributed by atoms with Crippen LogP contribution in [0.2, 0.25) is 5.02 Å². The van der Waals surface area contributed by atoms with E-state index in [9.17, 15) is 5.11 Å². The topological polar surface area (TPSA) is 69.0 Å². The van der Waals surface area contributed by atoms with Crippen LogP contribution in [0.5, 0.6) is 11.6 Å². The van der Waals surface area contributed by atoms with Crippen molar-refractivity contribution < 1.29 is 19.3 Å². The van der Waals surface area contributed by atoms with Crippen molar-refractivity contribution >= 4 is 11.6 Å². The van der Waals surface area contributed by atoms with E-state index in [1.54, 1.807) is 10.7 Å². The fourth-order valence-electron chi connectivity index (χ4n) is 4.31. The van der Waals surface area contributed by atoms with Gasteiger partial charge in [0.1, 0.15) is 12.4 Å². The fraction of sp³-hybridized carbons (Fsp3) is 0.393. The molecule has 8 heteroatoms. The van der Waals surface area contributed by atoms with Gasteiger partial charge in [0.2, 0.25) is 5.88 Å². The third kappa shape index (κ3) is 6.88. The molecule has 0 radical (unpaired) electrons. The molecular formula is C28H32ClN3O4. The molecule has 0 bridgehead atoms. The summed E-state index contributed by atoms with van der Waals surface area (Å²) >= 11 is 6.44. The molecular weight excluding hydrogens is 478 g/mol. The average molecular weight is 510 g/mol. The number of aromatic nitrogens is 2. The minimum atomic E-state index is -0.697. The second kappa shape index (κ2) is 12.9. The SMILES string of the molecule is C#CCOCC(O)CN(Cc1c(C)nn(-c2ccccc2)c1Oc1ccccc1Cl)CC1CCCO1. The quantitative estimate of drug-likeness (QED) is 0.284. The van der Waals surface area contributed by atoms with Gasteiger partial charge in [-0.15, -0.1) is 6.42 Å².